The minimum Gasteiger partial charge on any atom is -0.405 e. The zero-order valence-corrected chi connectivity index (χ0v) is 22.6. The number of carbonyl (C=O) groups is 1. The molecule has 2 aromatic carbocycles. The van der Waals surface area contributed by atoms with Gasteiger partial charge in [0.05, 0.1) is 19.3 Å². The summed E-state index contributed by atoms with van der Waals surface area (Å²) in [4.78, 5) is 11.4. The van der Waals surface area contributed by atoms with Crippen molar-refractivity contribution in [3.05, 3.63) is 72.8 Å². The second-order valence-corrected chi connectivity index (χ2v) is 20.4. The van der Waals surface area contributed by atoms with Gasteiger partial charge in [0.15, 0.2) is 0 Å². The Kier molecular flexibility index (Phi) is 9.83. The highest BCUT2D eigenvalue weighted by atomic mass is 28.4. The molecule has 0 aliphatic carbocycles. The molecule has 0 heterocycles. The summed E-state index contributed by atoms with van der Waals surface area (Å²) in [6, 6.07) is 22.3. The van der Waals surface area contributed by atoms with Crippen LogP contribution >= 0.6 is 0 Å². The van der Waals surface area contributed by atoms with Crippen molar-refractivity contribution in [2.45, 2.75) is 64.0 Å². The molecule has 0 spiro atoms. The molecule has 2 rings (SSSR count). The Balaban J connectivity index is 2.27. The molecule has 0 aliphatic rings. The maximum Gasteiger partial charge on any atom is 0.261 e. The van der Waals surface area contributed by atoms with Crippen molar-refractivity contribution in [1.82, 2.24) is 0 Å². The summed E-state index contributed by atoms with van der Waals surface area (Å²) < 4.78 is 13.0. The van der Waals surface area contributed by atoms with Gasteiger partial charge in [0.1, 0.15) is 6.29 Å². The topological polar surface area (TPSA) is 35.5 Å². The highest BCUT2D eigenvalue weighted by Gasteiger charge is 2.50. The SMILES string of the molecule is CC(C)(C)[Si](OCC(CC=O)OC/C=C\C[Si](C)(C)C)(c1ccccc1)c1ccccc1. The first-order chi connectivity index (χ1) is 15.1. The molecule has 0 fully saturated rings. The quantitative estimate of drug-likeness (QED) is 0.237. The van der Waals surface area contributed by atoms with Crippen molar-refractivity contribution in [1.29, 1.82) is 0 Å². The number of allylic oxidation sites excluding steroid dienone is 1. The Labute approximate surface area is 197 Å². The van der Waals surface area contributed by atoms with E-state index in [9.17, 15) is 4.79 Å². The lowest BCUT2D eigenvalue weighted by Crippen LogP contribution is -2.67. The molecule has 0 amide bonds. The average molecular weight is 469 g/mol. The Hall–Kier alpha value is -1.80. The summed E-state index contributed by atoms with van der Waals surface area (Å²) in [6.07, 6.45) is 5.31. The zero-order valence-electron chi connectivity index (χ0n) is 20.6. The summed E-state index contributed by atoms with van der Waals surface area (Å²) in [7, 11) is -3.73. The third kappa shape index (κ3) is 7.37. The fourth-order valence-corrected chi connectivity index (χ4v) is 9.43. The number of rotatable bonds is 12. The number of benzene rings is 2. The molecule has 0 aliphatic heterocycles. The van der Waals surface area contributed by atoms with E-state index in [4.69, 9.17) is 9.16 Å². The third-order valence-corrected chi connectivity index (χ3v) is 12.1. The molecule has 2 aromatic rings. The summed E-state index contributed by atoms with van der Waals surface area (Å²) >= 11 is 0. The maximum atomic E-state index is 11.4. The van der Waals surface area contributed by atoms with Crippen LogP contribution in [0.5, 0.6) is 0 Å². The van der Waals surface area contributed by atoms with Crippen LogP contribution in [-0.4, -0.2) is 42.0 Å². The van der Waals surface area contributed by atoms with Gasteiger partial charge in [0, 0.05) is 14.5 Å². The van der Waals surface area contributed by atoms with Gasteiger partial charge >= 0.3 is 0 Å². The lowest BCUT2D eigenvalue weighted by molar-refractivity contribution is -0.110. The molecule has 1 unspecified atom stereocenters. The van der Waals surface area contributed by atoms with Crippen LogP contribution in [0.3, 0.4) is 0 Å². The van der Waals surface area contributed by atoms with Gasteiger partial charge in [-0.15, -0.1) is 0 Å². The van der Waals surface area contributed by atoms with Crippen LogP contribution < -0.4 is 10.4 Å². The summed E-state index contributed by atoms with van der Waals surface area (Å²) in [5.41, 5.74) is 0. The molecule has 0 radical (unpaired) electrons. The second-order valence-electron chi connectivity index (χ2n) is 10.6. The Morgan fingerprint density at radius 2 is 1.41 bits per heavy atom. The highest BCUT2D eigenvalue weighted by Crippen LogP contribution is 2.36. The molecular weight excluding hydrogens is 428 g/mol. The van der Waals surface area contributed by atoms with E-state index in [-0.39, 0.29) is 11.1 Å². The van der Waals surface area contributed by atoms with E-state index in [0.717, 1.165) is 12.3 Å². The Morgan fingerprint density at radius 3 is 1.84 bits per heavy atom. The van der Waals surface area contributed by atoms with Crippen molar-refractivity contribution in [3.63, 3.8) is 0 Å². The third-order valence-electron chi connectivity index (χ3n) is 5.59. The summed E-state index contributed by atoms with van der Waals surface area (Å²) in [5.74, 6) is 0. The number of carbonyl (C=O) groups excluding carboxylic acids is 1. The number of aldehydes is 1. The van der Waals surface area contributed by atoms with E-state index in [1.54, 1.807) is 0 Å². The molecule has 0 saturated carbocycles. The van der Waals surface area contributed by atoms with Gasteiger partial charge in [-0.25, -0.2) is 0 Å². The molecule has 0 aromatic heterocycles. The van der Waals surface area contributed by atoms with E-state index in [1.165, 1.54) is 10.4 Å². The monoisotopic (exact) mass is 468 g/mol. The first-order valence-corrected chi connectivity index (χ1v) is 17.2. The van der Waals surface area contributed by atoms with Crippen molar-refractivity contribution in [2.75, 3.05) is 13.2 Å². The largest absolute Gasteiger partial charge is 0.405 e. The fraction of sp³-hybridized carbons (Fsp3) is 0.444. The smallest absolute Gasteiger partial charge is 0.261 e. The molecule has 174 valence electrons. The van der Waals surface area contributed by atoms with Crippen LogP contribution in [0.4, 0.5) is 0 Å². The lowest BCUT2D eigenvalue weighted by atomic mass is 10.2. The maximum absolute atomic E-state index is 11.4. The Morgan fingerprint density at radius 1 is 0.875 bits per heavy atom. The molecular formula is C27H40O3Si2. The minimum atomic E-state index is -2.63. The van der Waals surface area contributed by atoms with E-state index in [1.807, 2.05) is 12.1 Å². The van der Waals surface area contributed by atoms with E-state index in [2.05, 4.69) is 101 Å². The van der Waals surface area contributed by atoms with E-state index >= 15 is 0 Å². The molecule has 1 atom stereocenters. The molecule has 0 N–H and O–H groups in total. The highest BCUT2D eigenvalue weighted by molar-refractivity contribution is 6.99. The molecule has 5 heteroatoms. The van der Waals surface area contributed by atoms with Crippen LogP contribution in [0, 0.1) is 0 Å². The van der Waals surface area contributed by atoms with E-state index in [0.29, 0.717) is 19.6 Å². The van der Waals surface area contributed by atoms with Crippen LogP contribution in [0.2, 0.25) is 30.7 Å². The van der Waals surface area contributed by atoms with Gasteiger partial charge in [0.25, 0.3) is 8.32 Å². The molecule has 0 bridgehead atoms. The van der Waals surface area contributed by atoms with Gasteiger partial charge in [-0.05, 0) is 21.5 Å². The molecule has 3 nitrogen and oxygen atoms in total. The first-order valence-electron chi connectivity index (χ1n) is 11.6. The van der Waals surface area contributed by atoms with Crippen molar-refractivity contribution in [3.8, 4) is 0 Å². The predicted molar refractivity (Wildman–Crippen MR) is 141 cm³/mol. The second kappa shape index (κ2) is 11.9. The normalized spacial score (nSPS) is 13.9. The number of hydrogen-bond donors (Lipinski definition) is 0. The van der Waals surface area contributed by atoms with Gasteiger partial charge in [-0.2, -0.15) is 0 Å². The van der Waals surface area contributed by atoms with Crippen LogP contribution in [0.15, 0.2) is 72.8 Å². The number of hydrogen-bond acceptors (Lipinski definition) is 3. The average Bonchev–Trinajstić information content (AvgIpc) is 2.73. The van der Waals surface area contributed by atoms with Gasteiger partial charge < -0.3 is 14.0 Å². The van der Waals surface area contributed by atoms with Crippen LogP contribution in [0.1, 0.15) is 27.2 Å². The first kappa shape index (κ1) is 26.5. The van der Waals surface area contributed by atoms with Crippen molar-refractivity contribution < 1.29 is 14.0 Å². The van der Waals surface area contributed by atoms with Gasteiger partial charge in [0.2, 0.25) is 0 Å². The predicted octanol–water partition coefficient (Wildman–Crippen LogP) is 5.43. The van der Waals surface area contributed by atoms with E-state index < -0.39 is 16.4 Å². The lowest BCUT2D eigenvalue weighted by Gasteiger charge is -2.43. The summed E-state index contributed by atoms with van der Waals surface area (Å²) in [5, 5.41) is 2.37. The standard InChI is InChI=1S/C27H40O3Si2/c1-27(2,3)32(25-15-9-7-10-16-25,26-17-11-8-12-18-26)30-23-24(19-20-28)29-21-13-14-22-31(4,5)6/h7-18,20,24H,19,21-23H2,1-6H3/b14-13-. The zero-order chi connectivity index (χ0) is 23.7. The fourth-order valence-electron chi connectivity index (χ4n) is 3.97. The summed E-state index contributed by atoms with van der Waals surface area (Å²) in [6.45, 7) is 14.7. The van der Waals surface area contributed by atoms with Crippen molar-refractivity contribution >= 4 is 33.1 Å². The minimum absolute atomic E-state index is 0.0985. The molecule has 32 heavy (non-hydrogen) atoms. The number of ether oxygens (including phenoxy) is 1. The van der Waals surface area contributed by atoms with Crippen molar-refractivity contribution in [2.24, 2.45) is 0 Å². The molecule has 0 saturated heterocycles. The van der Waals surface area contributed by atoms with Gasteiger partial charge in [-0.3, -0.25) is 0 Å². The van der Waals surface area contributed by atoms with Crippen LogP contribution in [0.25, 0.3) is 0 Å². The van der Waals surface area contributed by atoms with Gasteiger partial charge in [-0.1, -0.05) is 113 Å². The van der Waals surface area contributed by atoms with Crippen LogP contribution in [-0.2, 0) is 14.0 Å². The Bertz CT molecular complexity index is 797.